The standard InChI is InChI=1S/C20H22N4O3/c1-14-2-7-18(27-14)8-10-22-20(26)16-5-3-15(4-6-16)17-12-23-24(13-17)11-9-19(21)25/h2-7,12-13H,8-11H2,1H3,(H2,21,25)(H,22,26). The van der Waals surface area contributed by atoms with Crippen LogP contribution >= 0.6 is 0 Å². The number of rotatable bonds is 8. The fourth-order valence-electron chi connectivity index (χ4n) is 2.69. The smallest absolute Gasteiger partial charge is 0.251 e. The summed E-state index contributed by atoms with van der Waals surface area (Å²) in [5, 5.41) is 7.10. The zero-order chi connectivity index (χ0) is 19.2. The van der Waals surface area contributed by atoms with Gasteiger partial charge in [0, 0.05) is 43.3 Å². The summed E-state index contributed by atoms with van der Waals surface area (Å²) in [6.45, 7) is 2.86. The first-order valence-electron chi connectivity index (χ1n) is 8.76. The summed E-state index contributed by atoms with van der Waals surface area (Å²) in [5.74, 6) is 1.24. The minimum absolute atomic E-state index is 0.123. The molecule has 0 spiro atoms. The van der Waals surface area contributed by atoms with Crippen molar-refractivity contribution in [2.75, 3.05) is 6.54 Å². The molecule has 0 aliphatic rings. The summed E-state index contributed by atoms with van der Waals surface area (Å²) in [6, 6.07) is 11.1. The number of nitrogens with one attached hydrogen (secondary N) is 1. The molecule has 0 saturated carbocycles. The Morgan fingerprint density at radius 2 is 1.93 bits per heavy atom. The first-order valence-corrected chi connectivity index (χ1v) is 8.76. The predicted molar refractivity (Wildman–Crippen MR) is 101 cm³/mol. The number of nitrogens with two attached hydrogens (primary N) is 1. The number of carbonyl (C=O) groups excluding carboxylic acids is 2. The summed E-state index contributed by atoms with van der Waals surface area (Å²) < 4.78 is 7.16. The minimum Gasteiger partial charge on any atom is -0.466 e. The number of aromatic nitrogens is 2. The third-order valence-corrected chi connectivity index (χ3v) is 4.15. The molecule has 2 heterocycles. The first-order chi connectivity index (χ1) is 13.0. The molecule has 3 aromatic rings. The number of nitrogens with zero attached hydrogens (tertiary/aromatic N) is 2. The second-order valence-electron chi connectivity index (χ2n) is 6.30. The third-order valence-electron chi connectivity index (χ3n) is 4.15. The van der Waals surface area contributed by atoms with Crippen LogP contribution in [0.15, 0.2) is 53.2 Å². The largest absolute Gasteiger partial charge is 0.466 e. The highest BCUT2D eigenvalue weighted by Crippen LogP contribution is 2.19. The lowest BCUT2D eigenvalue weighted by Gasteiger charge is -2.05. The topological polar surface area (TPSA) is 103 Å². The van der Waals surface area contributed by atoms with Crippen LogP contribution in [0.1, 0.15) is 28.3 Å². The van der Waals surface area contributed by atoms with Gasteiger partial charge < -0.3 is 15.5 Å². The Morgan fingerprint density at radius 1 is 1.15 bits per heavy atom. The van der Waals surface area contributed by atoms with E-state index in [0.29, 0.717) is 25.1 Å². The van der Waals surface area contributed by atoms with Crippen LogP contribution in [0.4, 0.5) is 0 Å². The van der Waals surface area contributed by atoms with Crippen LogP contribution in [0.5, 0.6) is 0 Å². The average molecular weight is 366 g/mol. The van der Waals surface area contributed by atoms with E-state index in [2.05, 4.69) is 10.4 Å². The highest BCUT2D eigenvalue weighted by molar-refractivity contribution is 5.94. The number of furan rings is 1. The number of amides is 2. The van der Waals surface area contributed by atoms with E-state index in [0.717, 1.165) is 22.6 Å². The van der Waals surface area contributed by atoms with Crippen molar-refractivity contribution in [2.45, 2.75) is 26.3 Å². The molecule has 2 amide bonds. The molecule has 2 aromatic heterocycles. The third kappa shape index (κ3) is 5.07. The van der Waals surface area contributed by atoms with Crippen molar-refractivity contribution < 1.29 is 14.0 Å². The molecule has 0 aliphatic heterocycles. The van der Waals surface area contributed by atoms with Gasteiger partial charge in [-0.25, -0.2) is 0 Å². The number of benzene rings is 1. The molecule has 140 valence electrons. The van der Waals surface area contributed by atoms with Crippen LogP contribution in [0.2, 0.25) is 0 Å². The lowest BCUT2D eigenvalue weighted by Crippen LogP contribution is -2.25. The van der Waals surface area contributed by atoms with Crippen LogP contribution in [-0.2, 0) is 17.8 Å². The molecule has 0 fully saturated rings. The fourth-order valence-corrected chi connectivity index (χ4v) is 2.69. The summed E-state index contributed by atoms with van der Waals surface area (Å²) >= 11 is 0. The van der Waals surface area contributed by atoms with Gasteiger partial charge in [-0.05, 0) is 36.8 Å². The maximum atomic E-state index is 12.2. The Labute approximate surface area is 157 Å². The van der Waals surface area contributed by atoms with Gasteiger partial charge in [-0.15, -0.1) is 0 Å². The Hall–Kier alpha value is -3.35. The molecule has 3 rings (SSSR count). The Bertz CT molecular complexity index is 925. The molecule has 0 aliphatic carbocycles. The highest BCUT2D eigenvalue weighted by atomic mass is 16.3. The Balaban J connectivity index is 1.54. The molecule has 3 N–H and O–H groups in total. The maximum absolute atomic E-state index is 12.2. The molecule has 0 unspecified atom stereocenters. The normalized spacial score (nSPS) is 10.7. The first kappa shape index (κ1) is 18.4. The van der Waals surface area contributed by atoms with E-state index in [1.54, 1.807) is 23.0 Å². The van der Waals surface area contributed by atoms with Gasteiger partial charge >= 0.3 is 0 Å². The van der Waals surface area contributed by atoms with Gasteiger partial charge in [0.2, 0.25) is 5.91 Å². The Kier molecular flexibility index (Phi) is 5.71. The van der Waals surface area contributed by atoms with Crippen molar-refractivity contribution in [3.8, 4) is 11.1 Å². The molecule has 0 atom stereocenters. The number of carbonyl (C=O) groups is 2. The van der Waals surface area contributed by atoms with Gasteiger partial charge in [-0.3, -0.25) is 14.3 Å². The van der Waals surface area contributed by atoms with E-state index in [1.165, 1.54) is 0 Å². The van der Waals surface area contributed by atoms with Crippen LogP contribution < -0.4 is 11.1 Å². The number of primary amides is 1. The van der Waals surface area contributed by atoms with Gasteiger partial charge in [-0.2, -0.15) is 5.10 Å². The molecule has 7 heteroatoms. The van der Waals surface area contributed by atoms with Gasteiger partial charge in [-0.1, -0.05) is 12.1 Å². The van der Waals surface area contributed by atoms with Crippen LogP contribution in [0, 0.1) is 6.92 Å². The summed E-state index contributed by atoms with van der Waals surface area (Å²) in [7, 11) is 0. The molecule has 0 saturated heterocycles. The van der Waals surface area contributed by atoms with E-state index in [-0.39, 0.29) is 18.2 Å². The van der Waals surface area contributed by atoms with Gasteiger partial charge in [0.1, 0.15) is 11.5 Å². The molecule has 1 aromatic carbocycles. The van der Waals surface area contributed by atoms with Gasteiger partial charge in [0.15, 0.2) is 0 Å². The highest BCUT2D eigenvalue weighted by Gasteiger charge is 2.08. The molecular formula is C20H22N4O3. The fraction of sp³-hybridized carbons (Fsp3) is 0.250. The van der Waals surface area contributed by atoms with Gasteiger partial charge in [0.05, 0.1) is 6.20 Å². The van der Waals surface area contributed by atoms with Crippen LogP contribution in [0.3, 0.4) is 0 Å². The molecule has 0 radical (unpaired) electrons. The van der Waals surface area contributed by atoms with Crippen molar-refractivity contribution in [1.82, 2.24) is 15.1 Å². The zero-order valence-corrected chi connectivity index (χ0v) is 15.1. The van der Waals surface area contributed by atoms with Crippen LogP contribution in [-0.4, -0.2) is 28.1 Å². The minimum atomic E-state index is -0.357. The summed E-state index contributed by atoms with van der Waals surface area (Å²) in [5.41, 5.74) is 7.61. The molecular weight excluding hydrogens is 344 g/mol. The predicted octanol–water partition coefficient (Wildman–Crippen LogP) is 2.30. The number of hydrogen-bond acceptors (Lipinski definition) is 4. The van der Waals surface area contributed by atoms with E-state index < -0.39 is 0 Å². The van der Waals surface area contributed by atoms with Crippen LogP contribution in [0.25, 0.3) is 11.1 Å². The second-order valence-corrected chi connectivity index (χ2v) is 6.30. The van der Waals surface area contributed by atoms with Crippen molar-refractivity contribution in [2.24, 2.45) is 5.73 Å². The Morgan fingerprint density at radius 3 is 2.59 bits per heavy atom. The zero-order valence-electron chi connectivity index (χ0n) is 15.1. The monoisotopic (exact) mass is 366 g/mol. The number of aryl methyl sites for hydroxylation is 2. The van der Waals surface area contributed by atoms with Gasteiger partial charge in [0.25, 0.3) is 5.91 Å². The van der Waals surface area contributed by atoms with E-state index >= 15 is 0 Å². The molecule has 0 bridgehead atoms. The second kappa shape index (κ2) is 8.35. The van der Waals surface area contributed by atoms with E-state index in [1.807, 2.05) is 37.4 Å². The van der Waals surface area contributed by atoms with E-state index in [9.17, 15) is 9.59 Å². The quantitative estimate of drug-likeness (QED) is 0.638. The molecule has 7 nitrogen and oxygen atoms in total. The number of hydrogen-bond donors (Lipinski definition) is 2. The van der Waals surface area contributed by atoms with Crippen molar-refractivity contribution in [1.29, 1.82) is 0 Å². The van der Waals surface area contributed by atoms with Crippen molar-refractivity contribution in [3.05, 3.63) is 65.9 Å². The lowest BCUT2D eigenvalue weighted by molar-refractivity contribution is -0.118. The summed E-state index contributed by atoms with van der Waals surface area (Å²) in [6.07, 6.45) is 4.48. The van der Waals surface area contributed by atoms with Crippen molar-refractivity contribution in [3.63, 3.8) is 0 Å². The maximum Gasteiger partial charge on any atom is 0.251 e. The van der Waals surface area contributed by atoms with Crippen molar-refractivity contribution >= 4 is 11.8 Å². The SMILES string of the molecule is Cc1ccc(CCNC(=O)c2ccc(-c3cnn(CCC(N)=O)c3)cc2)o1. The average Bonchev–Trinajstić information content (AvgIpc) is 3.29. The molecule has 27 heavy (non-hydrogen) atoms. The van der Waals surface area contributed by atoms with E-state index in [4.69, 9.17) is 10.2 Å². The summed E-state index contributed by atoms with van der Waals surface area (Å²) in [4.78, 5) is 23.1. The lowest BCUT2D eigenvalue weighted by atomic mass is 10.1.